The zero-order valence-corrected chi connectivity index (χ0v) is 6.73. The third-order valence-electron chi connectivity index (χ3n) is 1.25. The Morgan fingerprint density at radius 1 is 1.55 bits per heavy atom. The zero-order valence-electron chi connectivity index (χ0n) is 5.91. The van der Waals surface area contributed by atoms with Crippen LogP contribution in [0.4, 0.5) is 0 Å². The van der Waals surface area contributed by atoms with Crippen LogP contribution in [0.5, 0.6) is 0 Å². The van der Waals surface area contributed by atoms with Crippen LogP contribution >= 0.6 is 12.4 Å². The van der Waals surface area contributed by atoms with Crippen molar-refractivity contribution in [3.63, 3.8) is 0 Å². The topological polar surface area (TPSA) is 73.6 Å². The van der Waals surface area contributed by atoms with E-state index in [0.29, 0.717) is 19.8 Å². The Bertz CT molecular complexity index is 127. The van der Waals surface area contributed by atoms with E-state index in [4.69, 9.17) is 15.3 Å². The average molecular weight is 183 g/mol. The molecule has 0 spiro atoms. The fraction of sp³-hybridized carbons (Fsp3) is 0.800. The highest BCUT2D eigenvalue weighted by atomic mass is 35.5. The first kappa shape index (κ1) is 10.6. The molecule has 1 atom stereocenters. The van der Waals surface area contributed by atoms with Gasteiger partial charge in [-0.05, 0) is 0 Å². The molecule has 0 aliphatic carbocycles. The molecule has 1 amide bonds. The molecule has 0 unspecified atom stereocenters. The Morgan fingerprint density at radius 3 is 2.73 bits per heavy atom. The van der Waals surface area contributed by atoms with Gasteiger partial charge in [0.2, 0.25) is 0 Å². The van der Waals surface area contributed by atoms with Crippen LogP contribution < -0.4 is 11.3 Å². The number of rotatable bonds is 1. The van der Waals surface area contributed by atoms with Gasteiger partial charge in [-0.2, -0.15) is 0 Å². The van der Waals surface area contributed by atoms with Crippen molar-refractivity contribution in [2.24, 2.45) is 5.84 Å². The Morgan fingerprint density at radius 2 is 2.27 bits per heavy atom. The third kappa shape index (κ3) is 3.02. The van der Waals surface area contributed by atoms with Crippen LogP contribution in [0.2, 0.25) is 0 Å². The number of amides is 1. The maximum atomic E-state index is 10.7. The Balaban J connectivity index is 0.000001000. The second kappa shape index (κ2) is 5.31. The summed E-state index contributed by atoms with van der Waals surface area (Å²) in [7, 11) is 0. The molecule has 0 saturated carbocycles. The molecule has 6 heteroatoms. The molecule has 11 heavy (non-hydrogen) atoms. The summed E-state index contributed by atoms with van der Waals surface area (Å²) in [4.78, 5) is 10.7. The second-order valence-electron chi connectivity index (χ2n) is 1.94. The molecule has 0 bridgehead atoms. The molecule has 5 nitrogen and oxygen atoms in total. The van der Waals surface area contributed by atoms with Gasteiger partial charge in [-0.3, -0.25) is 10.2 Å². The third-order valence-corrected chi connectivity index (χ3v) is 1.25. The highest BCUT2D eigenvalue weighted by Crippen LogP contribution is 1.99. The monoisotopic (exact) mass is 182 g/mol. The van der Waals surface area contributed by atoms with Gasteiger partial charge in [0.1, 0.15) is 0 Å². The van der Waals surface area contributed by atoms with Gasteiger partial charge in [0.15, 0.2) is 6.10 Å². The fourth-order valence-corrected chi connectivity index (χ4v) is 0.732. The van der Waals surface area contributed by atoms with Crippen LogP contribution in [-0.4, -0.2) is 31.8 Å². The lowest BCUT2D eigenvalue weighted by molar-refractivity contribution is -0.147. The van der Waals surface area contributed by atoms with Crippen molar-refractivity contribution in [2.75, 3.05) is 19.8 Å². The lowest BCUT2D eigenvalue weighted by Crippen LogP contribution is -2.45. The second-order valence-corrected chi connectivity index (χ2v) is 1.94. The van der Waals surface area contributed by atoms with E-state index in [1.807, 2.05) is 5.43 Å². The van der Waals surface area contributed by atoms with E-state index < -0.39 is 6.10 Å². The van der Waals surface area contributed by atoms with Gasteiger partial charge in [0, 0.05) is 0 Å². The molecule has 1 saturated heterocycles. The first-order valence-electron chi connectivity index (χ1n) is 3.04. The molecule has 1 aliphatic heterocycles. The number of ether oxygens (including phenoxy) is 2. The van der Waals surface area contributed by atoms with Gasteiger partial charge >= 0.3 is 0 Å². The maximum absolute atomic E-state index is 10.7. The van der Waals surface area contributed by atoms with Crippen molar-refractivity contribution in [3.8, 4) is 0 Å². The number of halogens is 1. The highest BCUT2D eigenvalue weighted by Gasteiger charge is 2.21. The predicted molar refractivity (Wildman–Crippen MR) is 40.1 cm³/mol. The van der Waals surface area contributed by atoms with Crippen molar-refractivity contribution in [3.05, 3.63) is 0 Å². The molecule has 0 aromatic carbocycles. The van der Waals surface area contributed by atoms with E-state index in [0.717, 1.165) is 0 Å². The van der Waals surface area contributed by atoms with E-state index in [-0.39, 0.29) is 18.3 Å². The lowest BCUT2D eigenvalue weighted by Gasteiger charge is -2.20. The summed E-state index contributed by atoms with van der Waals surface area (Å²) in [6.45, 7) is 1.30. The minimum absolute atomic E-state index is 0. The minimum Gasteiger partial charge on any atom is -0.376 e. The van der Waals surface area contributed by atoms with Crippen LogP contribution in [0.15, 0.2) is 0 Å². The van der Waals surface area contributed by atoms with Gasteiger partial charge in [-0.25, -0.2) is 5.84 Å². The molecule has 0 aromatic heterocycles. The van der Waals surface area contributed by atoms with Crippen LogP contribution in [-0.2, 0) is 14.3 Å². The summed E-state index contributed by atoms with van der Waals surface area (Å²) in [5.74, 6) is 4.53. The van der Waals surface area contributed by atoms with E-state index in [2.05, 4.69) is 0 Å². The number of nitrogens with one attached hydrogen (secondary N) is 1. The van der Waals surface area contributed by atoms with Crippen molar-refractivity contribution in [1.82, 2.24) is 5.43 Å². The normalized spacial score (nSPS) is 23.5. The van der Waals surface area contributed by atoms with Crippen molar-refractivity contribution >= 4 is 18.3 Å². The summed E-state index contributed by atoms with van der Waals surface area (Å²) in [5, 5.41) is 0. The summed E-state index contributed by atoms with van der Waals surface area (Å²) >= 11 is 0. The Hall–Kier alpha value is -0.360. The van der Waals surface area contributed by atoms with Gasteiger partial charge < -0.3 is 9.47 Å². The Kier molecular flexibility index (Phi) is 5.14. The molecule has 66 valence electrons. The minimum atomic E-state index is -0.529. The van der Waals surface area contributed by atoms with E-state index in [1.165, 1.54) is 0 Å². The number of carbonyl (C=O) groups is 1. The smallest absolute Gasteiger partial charge is 0.265 e. The molecular weight excluding hydrogens is 172 g/mol. The van der Waals surface area contributed by atoms with E-state index in [9.17, 15) is 4.79 Å². The molecule has 1 heterocycles. The first-order valence-corrected chi connectivity index (χ1v) is 3.04. The SMILES string of the molecule is Cl.NNC(=O)[C@H]1COCCO1. The molecular formula is C5H11ClN2O3. The molecule has 0 aromatic rings. The number of nitrogens with two attached hydrogens (primary N) is 1. The fourth-order valence-electron chi connectivity index (χ4n) is 0.732. The molecule has 1 fully saturated rings. The lowest BCUT2D eigenvalue weighted by atomic mass is 10.3. The zero-order chi connectivity index (χ0) is 7.40. The van der Waals surface area contributed by atoms with Gasteiger partial charge in [-0.1, -0.05) is 0 Å². The molecule has 3 N–H and O–H groups in total. The van der Waals surface area contributed by atoms with Crippen molar-refractivity contribution in [1.29, 1.82) is 0 Å². The van der Waals surface area contributed by atoms with Crippen LogP contribution in [0.3, 0.4) is 0 Å². The standard InChI is InChI=1S/C5H10N2O3.ClH/c6-7-5(8)4-3-9-1-2-10-4;/h4H,1-3,6H2,(H,7,8);1H/t4-;/m1./s1. The maximum Gasteiger partial charge on any atom is 0.265 e. The number of hydrogen-bond donors (Lipinski definition) is 2. The van der Waals surface area contributed by atoms with Crippen molar-refractivity contribution < 1.29 is 14.3 Å². The van der Waals surface area contributed by atoms with Crippen molar-refractivity contribution in [2.45, 2.75) is 6.10 Å². The summed E-state index contributed by atoms with van der Waals surface area (Å²) in [6.07, 6.45) is -0.529. The summed E-state index contributed by atoms with van der Waals surface area (Å²) in [5.41, 5.74) is 1.99. The van der Waals surface area contributed by atoms with Gasteiger partial charge in [0.25, 0.3) is 5.91 Å². The summed E-state index contributed by atoms with van der Waals surface area (Å²) in [6, 6.07) is 0. The quantitative estimate of drug-likeness (QED) is 0.304. The highest BCUT2D eigenvalue weighted by molar-refractivity contribution is 5.85. The molecule has 1 aliphatic rings. The van der Waals surface area contributed by atoms with Crippen LogP contribution in [0.25, 0.3) is 0 Å². The largest absolute Gasteiger partial charge is 0.376 e. The van der Waals surface area contributed by atoms with Crippen LogP contribution in [0.1, 0.15) is 0 Å². The Labute approximate surface area is 70.6 Å². The number of hydrazine groups is 1. The predicted octanol–water partition coefficient (Wildman–Crippen LogP) is -1.19. The van der Waals surface area contributed by atoms with Gasteiger partial charge in [-0.15, -0.1) is 12.4 Å². The number of carbonyl (C=O) groups excluding carboxylic acids is 1. The molecule has 0 radical (unpaired) electrons. The summed E-state index contributed by atoms with van der Waals surface area (Å²) < 4.78 is 9.98. The van der Waals surface area contributed by atoms with E-state index in [1.54, 1.807) is 0 Å². The average Bonchev–Trinajstić information content (AvgIpc) is 2.05. The first-order chi connectivity index (χ1) is 4.84. The molecule has 1 rings (SSSR count). The van der Waals surface area contributed by atoms with Gasteiger partial charge in [0.05, 0.1) is 19.8 Å². The van der Waals surface area contributed by atoms with E-state index >= 15 is 0 Å². The van der Waals surface area contributed by atoms with Crippen LogP contribution in [0, 0.1) is 0 Å². The number of hydrogen-bond acceptors (Lipinski definition) is 4.